The van der Waals surface area contributed by atoms with E-state index in [0.717, 1.165) is 0 Å². The van der Waals surface area contributed by atoms with Crippen LogP contribution in [-0.2, 0) is 4.74 Å². The molecule has 6 nitrogen and oxygen atoms in total. The van der Waals surface area contributed by atoms with E-state index in [1.165, 1.54) is 10.9 Å². The molecule has 0 spiro atoms. The lowest BCUT2D eigenvalue weighted by molar-refractivity contribution is 0.0344. The Morgan fingerprint density at radius 2 is 2.40 bits per heavy atom. The Morgan fingerprint density at radius 1 is 1.60 bits per heavy atom. The van der Waals surface area contributed by atoms with Gasteiger partial charge in [0, 0.05) is 5.02 Å². The second-order valence-electron chi connectivity index (χ2n) is 4.11. The van der Waals surface area contributed by atoms with E-state index in [1.807, 2.05) is 6.07 Å². The van der Waals surface area contributed by atoms with Crippen LogP contribution in [0.15, 0.2) is 30.5 Å². The van der Waals surface area contributed by atoms with Gasteiger partial charge in [0.1, 0.15) is 6.10 Å². The zero-order valence-electron chi connectivity index (χ0n) is 10.7. The van der Waals surface area contributed by atoms with Gasteiger partial charge in [-0.15, -0.1) is 5.10 Å². The predicted octanol–water partition coefficient (Wildman–Crippen LogP) is 2.38. The van der Waals surface area contributed by atoms with Gasteiger partial charge in [-0.1, -0.05) is 22.9 Å². The van der Waals surface area contributed by atoms with Crippen LogP contribution in [0, 0.1) is 11.3 Å². The van der Waals surface area contributed by atoms with Crippen molar-refractivity contribution in [2.45, 2.75) is 19.4 Å². The molecular formula is C13H11ClN4O2. The molecule has 0 N–H and O–H groups in total. The van der Waals surface area contributed by atoms with E-state index >= 15 is 0 Å². The minimum absolute atomic E-state index is 0.0785. The second kappa shape index (κ2) is 6.17. The Kier molecular flexibility index (Phi) is 4.33. The monoisotopic (exact) mass is 290 g/mol. The van der Waals surface area contributed by atoms with Gasteiger partial charge in [0.2, 0.25) is 0 Å². The van der Waals surface area contributed by atoms with E-state index in [2.05, 4.69) is 10.3 Å². The van der Waals surface area contributed by atoms with Gasteiger partial charge < -0.3 is 4.74 Å². The molecule has 0 aliphatic heterocycles. The maximum atomic E-state index is 11.8. The summed E-state index contributed by atoms with van der Waals surface area (Å²) in [5.74, 6) is -0.610. The first-order chi connectivity index (χ1) is 9.60. The van der Waals surface area contributed by atoms with Gasteiger partial charge >= 0.3 is 5.97 Å². The zero-order valence-corrected chi connectivity index (χ0v) is 11.4. The highest BCUT2D eigenvalue weighted by Gasteiger charge is 2.16. The highest BCUT2D eigenvalue weighted by atomic mass is 35.5. The molecule has 2 aromatic rings. The first kappa shape index (κ1) is 14.0. The molecule has 0 radical (unpaired) electrons. The third-order valence-corrected chi connectivity index (χ3v) is 2.70. The number of rotatable bonds is 4. The Morgan fingerprint density at radius 3 is 3.10 bits per heavy atom. The third kappa shape index (κ3) is 3.33. The predicted molar refractivity (Wildman–Crippen MR) is 71.5 cm³/mol. The van der Waals surface area contributed by atoms with Crippen molar-refractivity contribution >= 4 is 17.6 Å². The number of carbonyl (C=O) groups is 1. The topological polar surface area (TPSA) is 80.8 Å². The molecule has 0 aliphatic carbocycles. The summed E-state index contributed by atoms with van der Waals surface area (Å²) in [5.41, 5.74) is 0.767. The van der Waals surface area contributed by atoms with Crippen LogP contribution < -0.4 is 0 Å². The van der Waals surface area contributed by atoms with Crippen LogP contribution in [0.4, 0.5) is 0 Å². The van der Waals surface area contributed by atoms with Crippen molar-refractivity contribution in [3.8, 4) is 11.8 Å². The maximum absolute atomic E-state index is 11.8. The third-order valence-electron chi connectivity index (χ3n) is 2.46. The zero-order chi connectivity index (χ0) is 14.5. The minimum Gasteiger partial charge on any atom is -0.457 e. The van der Waals surface area contributed by atoms with Gasteiger partial charge in [-0.3, -0.25) is 0 Å². The summed E-state index contributed by atoms with van der Waals surface area (Å²) in [5, 5.41) is 16.7. The molecule has 1 aromatic heterocycles. The lowest BCUT2D eigenvalue weighted by atomic mass is 10.3. The van der Waals surface area contributed by atoms with E-state index in [4.69, 9.17) is 21.6 Å². The van der Waals surface area contributed by atoms with Crippen LogP contribution >= 0.6 is 11.6 Å². The first-order valence-corrected chi connectivity index (χ1v) is 6.24. The molecule has 0 aliphatic rings. The van der Waals surface area contributed by atoms with E-state index in [0.29, 0.717) is 10.7 Å². The molecule has 0 saturated carbocycles. The summed E-state index contributed by atoms with van der Waals surface area (Å²) < 4.78 is 6.47. The number of nitrogens with zero attached hydrogens (tertiary/aromatic N) is 4. The smallest absolute Gasteiger partial charge is 0.360 e. The number of hydrogen-bond acceptors (Lipinski definition) is 5. The highest BCUT2D eigenvalue weighted by Crippen LogP contribution is 2.14. The largest absolute Gasteiger partial charge is 0.457 e. The Hall–Kier alpha value is -2.39. The molecule has 1 heterocycles. The summed E-state index contributed by atoms with van der Waals surface area (Å²) >= 11 is 5.88. The SMILES string of the molecule is C[C@H](CC#N)OC(=O)c1cn(-c2cccc(Cl)c2)nn1. The van der Waals surface area contributed by atoms with E-state index < -0.39 is 12.1 Å². The van der Waals surface area contributed by atoms with Crippen molar-refractivity contribution in [1.29, 1.82) is 5.26 Å². The molecule has 0 amide bonds. The molecule has 102 valence electrons. The number of halogens is 1. The first-order valence-electron chi connectivity index (χ1n) is 5.86. The van der Waals surface area contributed by atoms with Crippen LogP contribution in [0.5, 0.6) is 0 Å². The Bertz CT molecular complexity index is 662. The summed E-state index contributed by atoms with van der Waals surface area (Å²) in [6, 6.07) is 8.92. The quantitative estimate of drug-likeness (QED) is 0.808. The number of esters is 1. The van der Waals surface area contributed by atoms with Crippen LogP contribution in [-0.4, -0.2) is 27.1 Å². The summed E-state index contributed by atoms with van der Waals surface area (Å²) in [7, 11) is 0. The molecule has 0 unspecified atom stereocenters. The van der Waals surface area contributed by atoms with Crippen molar-refractivity contribution in [3.63, 3.8) is 0 Å². The average molecular weight is 291 g/mol. The van der Waals surface area contributed by atoms with Gasteiger partial charge in [0.15, 0.2) is 5.69 Å². The molecule has 0 bridgehead atoms. The van der Waals surface area contributed by atoms with Crippen molar-refractivity contribution < 1.29 is 9.53 Å². The molecular weight excluding hydrogens is 280 g/mol. The Labute approximate surface area is 120 Å². The van der Waals surface area contributed by atoms with Gasteiger partial charge in [-0.05, 0) is 25.1 Å². The normalized spacial score (nSPS) is 11.7. The van der Waals surface area contributed by atoms with Crippen LogP contribution in [0.25, 0.3) is 5.69 Å². The molecule has 0 saturated heterocycles. The molecule has 20 heavy (non-hydrogen) atoms. The molecule has 7 heteroatoms. The van der Waals surface area contributed by atoms with Crippen molar-refractivity contribution in [2.24, 2.45) is 0 Å². The number of hydrogen-bond donors (Lipinski definition) is 0. The number of ether oxygens (including phenoxy) is 1. The molecule has 1 aromatic carbocycles. The minimum atomic E-state index is -0.610. The van der Waals surface area contributed by atoms with Gasteiger partial charge in [-0.25, -0.2) is 9.48 Å². The average Bonchev–Trinajstić information content (AvgIpc) is 2.88. The van der Waals surface area contributed by atoms with Crippen molar-refractivity contribution in [3.05, 3.63) is 41.2 Å². The van der Waals surface area contributed by atoms with Crippen molar-refractivity contribution in [2.75, 3.05) is 0 Å². The molecule has 0 fully saturated rings. The fourth-order valence-electron chi connectivity index (χ4n) is 1.52. The van der Waals surface area contributed by atoms with E-state index in [9.17, 15) is 4.79 Å². The van der Waals surface area contributed by atoms with Crippen LogP contribution in [0.2, 0.25) is 5.02 Å². The fourth-order valence-corrected chi connectivity index (χ4v) is 1.70. The second-order valence-corrected chi connectivity index (χ2v) is 4.54. The van der Waals surface area contributed by atoms with Crippen molar-refractivity contribution in [1.82, 2.24) is 15.0 Å². The summed E-state index contributed by atoms with van der Waals surface area (Å²) in [4.78, 5) is 11.8. The number of benzene rings is 1. The van der Waals surface area contributed by atoms with E-state index in [-0.39, 0.29) is 12.1 Å². The number of aromatic nitrogens is 3. The van der Waals surface area contributed by atoms with Gasteiger partial charge in [-0.2, -0.15) is 5.26 Å². The summed E-state index contributed by atoms with van der Waals surface area (Å²) in [6.07, 6.45) is 1.10. The lowest BCUT2D eigenvalue weighted by Gasteiger charge is -2.07. The Balaban J connectivity index is 2.13. The number of carbonyl (C=O) groups excluding carboxylic acids is 1. The lowest BCUT2D eigenvalue weighted by Crippen LogP contribution is -2.14. The summed E-state index contributed by atoms with van der Waals surface area (Å²) in [6.45, 7) is 1.64. The molecule has 2 rings (SSSR count). The fraction of sp³-hybridized carbons (Fsp3) is 0.231. The van der Waals surface area contributed by atoms with Crippen LogP contribution in [0.3, 0.4) is 0 Å². The van der Waals surface area contributed by atoms with E-state index in [1.54, 1.807) is 31.2 Å². The van der Waals surface area contributed by atoms with Gasteiger partial charge in [0.05, 0.1) is 24.4 Å². The highest BCUT2D eigenvalue weighted by molar-refractivity contribution is 6.30. The maximum Gasteiger partial charge on any atom is 0.360 e. The van der Waals surface area contributed by atoms with Gasteiger partial charge in [0.25, 0.3) is 0 Å². The van der Waals surface area contributed by atoms with Crippen LogP contribution in [0.1, 0.15) is 23.8 Å². The number of nitriles is 1. The standard InChI is InChI=1S/C13H11ClN4O2/c1-9(5-6-15)20-13(19)12-8-18(17-16-12)11-4-2-3-10(14)7-11/h2-4,7-9H,5H2,1H3/t9-/m1/s1. The molecule has 1 atom stereocenters.